The van der Waals surface area contributed by atoms with E-state index in [2.05, 4.69) is 18.6 Å². The Morgan fingerprint density at radius 3 is 1.86 bits per heavy atom. The number of halogens is 1. The molecular weight excluding hydrogens is 112 g/mol. The summed E-state index contributed by atoms with van der Waals surface area (Å²) in [6, 6.07) is 0. The molecule has 0 aromatic carbocycles. The molecule has 1 rings (SSSR count). The minimum atomic E-state index is 0.514. The van der Waals surface area contributed by atoms with Crippen molar-refractivity contribution in [3.63, 3.8) is 0 Å². The molecule has 0 radical (unpaired) electrons. The third-order valence-electron chi connectivity index (χ3n) is 0.207. The molecular formula is C5H9ClO. The molecule has 0 N–H and O–H groups in total. The van der Waals surface area contributed by atoms with Gasteiger partial charge in [-0.2, -0.15) is 0 Å². The Labute approximate surface area is 48.9 Å². The lowest BCUT2D eigenvalue weighted by molar-refractivity contribution is 0.529. The van der Waals surface area contributed by atoms with Crippen molar-refractivity contribution < 1.29 is 4.74 Å². The highest BCUT2D eigenvalue weighted by Crippen LogP contribution is 2.15. The third kappa shape index (κ3) is 10.7. The van der Waals surface area contributed by atoms with Crippen molar-refractivity contribution in [1.82, 2.24) is 0 Å². The molecule has 2 heteroatoms. The minimum Gasteiger partial charge on any atom is -0.445 e. The Morgan fingerprint density at radius 1 is 1.71 bits per heavy atom. The SMILES string of the molecule is CCC.ClC1=CO1. The average molecular weight is 121 g/mol. The Bertz CT molecular complexity index is 68.5. The van der Waals surface area contributed by atoms with Gasteiger partial charge in [-0.3, -0.25) is 0 Å². The van der Waals surface area contributed by atoms with Gasteiger partial charge in [-0.25, -0.2) is 0 Å². The van der Waals surface area contributed by atoms with E-state index in [1.807, 2.05) is 0 Å². The smallest absolute Gasteiger partial charge is 0.228 e. The molecule has 0 saturated heterocycles. The van der Waals surface area contributed by atoms with Crippen LogP contribution in [0.1, 0.15) is 20.3 Å². The van der Waals surface area contributed by atoms with Gasteiger partial charge in [-0.15, -0.1) is 0 Å². The molecule has 0 bridgehead atoms. The molecule has 1 aliphatic heterocycles. The van der Waals surface area contributed by atoms with Crippen molar-refractivity contribution in [2.45, 2.75) is 20.3 Å². The average Bonchev–Trinajstić information content (AvgIpc) is 2.25. The molecule has 0 atom stereocenters. The maximum Gasteiger partial charge on any atom is 0.228 e. The van der Waals surface area contributed by atoms with Crippen LogP contribution in [0.5, 0.6) is 0 Å². The van der Waals surface area contributed by atoms with Crippen LogP contribution in [0.3, 0.4) is 0 Å². The molecule has 0 unspecified atom stereocenters. The Morgan fingerprint density at radius 2 is 1.86 bits per heavy atom. The highest BCUT2D eigenvalue weighted by atomic mass is 35.5. The lowest BCUT2D eigenvalue weighted by Crippen LogP contribution is -1.27. The largest absolute Gasteiger partial charge is 0.445 e. The van der Waals surface area contributed by atoms with Crippen molar-refractivity contribution in [1.29, 1.82) is 0 Å². The summed E-state index contributed by atoms with van der Waals surface area (Å²) in [4.78, 5) is 0. The molecule has 0 amide bonds. The zero-order valence-corrected chi connectivity index (χ0v) is 5.33. The topological polar surface area (TPSA) is 12.5 Å². The van der Waals surface area contributed by atoms with Crippen molar-refractivity contribution in [2.75, 3.05) is 0 Å². The third-order valence-corrected chi connectivity index (χ3v) is 0.385. The first-order valence-electron chi connectivity index (χ1n) is 2.33. The van der Waals surface area contributed by atoms with Crippen molar-refractivity contribution >= 4 is 11.6 Å². The van der Waals surface area contributed by atoms with Crippen LogP contribution in [0.4, 0.5) is 0 Å². The van der Waals surface area contributed by atoms with E-state index in [0.29, 0.717) is 5.22 Å². The lowest BCUT2D eigenvalue weighted by Gasteiger charge is -1.50. The molecule has 0 aromatic heterocycles. The molecule has 1 heterocycles. The Hall–Kier alpha value is -0.170. The molecule has 0 spiro atoms. The van der Waals surface area contributed by atoms with Crippen LogP contribution in [-0.4, -0.2) is 0 Å². The van der Waals surface area contributed by atoms with Gasteiger partial charge in [0.2, 0.25) is 5.22 Å². The lowest BCUT2D eigenvalue weighted by atomic mass is 10.6. The predicted octanol–water partition coefficient (Wildman–Crippen LogP) is 2.47. The van der Waals surface area contributed by atoms with Gasteiger partial charge in [0.25, 0.3) is 0 Å². The molecule has 1 nitrogen and oxygen atoms in total. The summed E-state index contributed by atoms with van der Waals surface area (Å²) in [5, 5.41) is 0.514. The summed E-state index contributed by atoms with van der Waals surface area (Å²) in [7, 11) is 0. The van der Waals surface area contributed by atoms with E-state index in [4.69, 9.17) is 11.6 Å². The van der Waals surface area contributed by atoms with Crippen LogP contribution in [0, 0.1) is 0 Å². The first kappa shape index (κ1) is 6.83. The van der Waals surface area contributed by atoms with Gasteiger partial charge in [0.1, 0.15) is 6.26 Å². The van der Waals surface area contributed by atoms with Gasteiger partial charge >= 0.3 is 0 Å². The molecule has 7 heavy (non-hydrogen) atoms. The molecule has 1 aliphatic rings. The quantitative estimate of drug-likeness (QED) is 0.479. The first-order valence-corrected chi connectivity index (χ1v) is 2.71. The van der Waals surface area contributed by atoms with Crippen molar-refractivity contribution in [3.8, 4) is 0 Å². The molecule has 0 saturated carbocycles. The van der Waals surface area contributed by atoms with Gasteiger partial charge in [-0.1, -0.05) is 20.3 Å². The molecule has 0 fully saturated rings. The number of hydrogen-bond acceptors (Lipinski definition) is 1. The molecule has 0 aromatic rings. The fraction of sp³-hybridized carbons (Fsp3) is 0.600. The van der Waals surface area contributed by atoms with E-state index >= 15 is 0 Å². The highest BCUT2D eigenvalue weighted by Gasteiger charge is 2.00. The fourth-order valence-electron chi connectivity index (χ4n) is 0.0223. The van der Waals surface area contributed by atoms with Gasteiger partial charge in [-0.05, 0) is 11.6 Å². The van der Waals surface area contributed by atoms with Crippen LogP contribution in [0.2, 0.25) is 0 Å². The Kier molecular flexibility index (Phi) is 3.90. The number of ether oxygens (including phenoxy) is 1. The summed E-state index contributed by atoms with van der Waals surface area (Å²) in [5.74, 6) is 0. The van der Waals surface area contributed by atoms with Crippen LogP contribution >= 0.6 is 11.6 Å². The summed E-state index contributed by atoms with van der Waals surface area (Å²) >= 11 is 5.02. The summed E-state index contributed by atoms with van der Waals surface area (Å²) in [6.07, 6.45) is 2.72. The maximum atomic E-state index is 5.02. The zero-order chi connectivity index (χ0) is 5.70. The van der Waals surface area contributed by atoms with Gasteiger partial charge in [0, 0.05) is 0 Å². The predicted molar refractivity (Wildman–Crippen MR) is 31.0 cm³/mol. The van der Waals surface area contributed by atoms with E-state index in [0.717, 1.165) is 0 Å². The van der Waals surface area contributed by atoms with Crippen LogP contribution in [0.15, 0.2) is 11.5 Å². The molecule has 0 aliphatic carbocycles. The van der Waals surface area contributed by atoms with Gasteiger partial charge in [0.15, 0.2) is 0 Å². The normalized spacial score (nSPS) is 12.7. The Balaban J connectivity index is 0.000000110. The monoisotopic (exact) mass is 120 g/mol. The van der Waals surface area contributed by atoms with Crippen molar-refractivity contribution in [3.05, 3.63) is 11.5 Å². The van der Waals surface area contributed by atoms with Gasteiger partial charge in [0.05, 0.1) is 0 Å². The maximum absolute atomic E-state index is 5.02. The highest BCUT2D eigenvalue weighted by molar-refractivity contribution is 6.29. The summed E-state index contributed by atoms with van der Waals surface area (Å²) in [5.41, 5.74) is 0. The van der Waals surface area contributed by atoms with E-state index in [-0.39, 0.29) is 0 Å². The second kappa shape index (κ2) is 4.00. The van der Waals surface area contributed by atoms with Crippen molar-refractivity contribution in [2.24, 2.45) is 0 Å². The van der Waals surface area contributed by atoms with Crippen LogP contribution in [-0.2, 0) is 4.74 Å². The fourth-order valence-corrected chi connectivity index (χ4v) is 0.0668. The van der Waals surface area contributed by atoms with Crippen LogP contribution in [0.25, 0.3) is 0 Å². The zero-order valence-electron chi connectivity index (χ0n) is 4.57. The van der Waals surface area contributed by atoms with E-state index in [1.165, 1.54) is 12.7 Å². The van der Waals surface area contributed by atoms with E-state index in [9.17, 15) is 0 Å². The van der Waals surface area contributed by atoms with E-state index in [1.54, 1.807) is 0 Å². The summed E-state index contributed by atoms with van der Waals surface area (Å²) in [6.45, 7) is 4.25. The molecule has 42 valence electrons. The first-order chi connectivity index (χ1) is 3.31. The second-order valence-corrected chi connectivity index (χ2v) is 1.62. The number of rotatable bonds is 0. The summed E-state index contributed by atoms with van der Waals surface area (Å²) < 4.78 is 4.27. The second-order valence-electron chi connectivity index (χ2n) is 1.25. The van der Waals surface area contributed by atoms with Gasteiger partial charge < -0.3 is 4.74 Å². The van der Waals surface area contributed by atoms with Crippen LogP contribution < -0.4 is 0 Å². The number of hydrogen-bond donors (Lipinski definition) is 0. The minimum absolute atomic E-state index is 0.514. The standard InChI is InChI=1S/C3H8.C2HClO/c1-3-2;3-2-1-4-2/h3H2,1-2H3;1H. The van der Waals surface area contributed by atoms with E-state index < -0.39 is 0 Å².